The highest BCUT2D eigenvalue weighted by atomic mass is 16.4. The number of benzene rings is 1. The highest BCUT2D eigenvalue weighted by molar-refractivity contribution is 5.89. The third-order valence-corrected chi connectivity index (χ3v) is 8.51. The van der Waals surface area contributed by atoms with Crippen LogP contribution in [0.4, 0.5) is 5.69 Å². The predicted molar refractivity (Wildman–Crippen MR) is 129 cm³/mol. The Morgan fingerprint density at radius 3 is 2.03 bits per heavy atom. The highest BCUT2D eigenvalue weighted by Gasteiger charge is 2.50. The Hall–Kier alpha value is -2.34. The first-order valence-electron chi connectivity index (χ1n) is 12.7. The fourth-order valence-electron chi connectivity index (χ4n) is 6.58. The summed E-state index contributed by atoms with van der Waals surface area (Å²) in [5, 5.41) is 15.6. The van der Waals surface area contributed by atoms with Crippen molar-refractivity contribution in [2.45, 2.75) is 75.8 Å². The molecule has 4 fully saturated rings. The van der Waals surface area contributed by atoms with Crippen LogP contribution in [-0.4, -0.2) is 58.3 Å². The summed E-state index contributed by atoms with van der Waals surface area (Å²) in [5.74, 6) is -0.397. The molecule has 1 aromatic carbocycles. The lowest BCUT2D eigenvalue weighted by molar-refractivity contribution is -0.134. The molecule has 1 aromatic rings. The van der Waals surface area contributed by atoms with Crippen molar-refractivity contribution in [3.8, 4) is 0 Å². The number of rotatable bonds is 4. The Morgan fingerprint density at radius 2 is 1.45 bits per heavy atom. The molecule has 2 saturated heterocycles. The van der Waals surface area contributed by atoms with Crippen LogP contribution in [0, 0.1) is 11.8 Å². The zero-order valence-electron chi connectivity index (χ0n) is 19.6. The summed E-state index contributed by atoms with van der Waals surface area (Å²) in [5.41, 5.74) is 1.94. The van der Waals surface area contributed by atoms with Gasteiger partial charge in [-0.25, -0.2) is 9.59 Å². The summed E-state index contributed by atoms with van der Waals surface area (Å²) in [6, 6.07) is 12.1. The Labute approximate surface area is 197 Å². The largest absolute Gasteiger partial charge is 0.478 e. The first-order chi connectivity index (χ1) is 16.0. The summed E-state index contributed by atoms with van der Waals surface area (Å²) in [7, 11) is 0. The van der Waals surface area contributed by atoms with Gasteiger partial charge in [0.2, 0.25) is 0 Å². The van der Waals surface area contributed by atoms with E-state index in [4.69, 9.17) is 10.2 Å². The number of fused-ring (bicyclic) bond motifs is 1. The summed E-state index contributed by atoms with van der Waals surface area (Å²) >= 11 is 0. The van der Waals surface area contributed by atoms with Crippen LogP contribution in [0.25, 0.3) is 0 Å². The number of hydrogen-bond donors (Lipinski definition) is 2. The molecule has 2 heterocycles. The maximum absolute atomic E-state index is 9.55. The van der Waals surface area contributed by atoms with E-state index in [1.54, 1.807) is 0 Å². The van der Waals surface area contributed by atoms with Gasteiger partial charge < -0.3 is 15.1 Å². The van der Waals surface area contributed by atoms with Crippen LogP contribution in [0.3, 0.4) is 0 Å². The van der Waals surface area contributed by atoms with Gasteiger partial charge in [-0.1, -0.05) is 50.3 Å². The average molecular weight is 455 g/mol. The maximum Gasteiger partial charge on any atom is 0.328 e. The number of carboxylic acids is 2. The molecule has 0 radical (unpaired) electrons. The van der Waals surface area contributed by atoms with E-state index in [9.17, 15) is 9.59 Å². The van der Waals surface area contributed by atoms with Crippen LogP contribution >= 0.6 is 0 Å². The molecule has 0 amide bonds. The number of piperidine rings is 1. The van der Waals surface area contributed by atoms with E-state index >= 15 is 0 Å². The van der Waals surface area contributed by atoms with Crippen molar-refractivity contribution in [2.24, 2.45) is 11.8 Å². The summed E-state index contributed by atoms with van der Waals surface area (Å²) in [6.45, 7) is 3.95. The van der Waals surface area contributed by atoms with Gasteiger partial charge >= 0.3 is 11.9 Å². The molecule has 2 N–H and O–H groups in total. The van der Waals surface area contributed by atoms with Crippen LogP contribution in [-0.2, 0) is 9.59 Å². The number of para-hydroxylation sites is 1. The fourth-order valence-corrected chi connectivity index (χ4v) is 6.58. The smallest absolute Gasteiger partial charge is 0.328 e. The van der Waals surface area contributed by atoms with Gasteiger partial charge in [0.05, 0.1) is 0 Å². The van der Waals surface area contributed by atoms with Gasteiger partial charge in [0.15, 0.2) is 0 Å². The fraction of sp³-hybridized carbons (Fsp3) is 0.630. The third-order valence-electron chi connectivity index (χ3n) is 8.51. The second kappa shape index (κ2) is 10.7. The zero-order valence-corrected chi connectivity index (χ0v) is 19.6. The zero-order chi connectivity index (χ0) is 23.3. The number of carboxylic acid groups (broad SMARTS) is 2. The van der Waals surface area contributed by atoms with E-state index in [1.807, 2.05) is 0 Å². The molecule has 6 heteroatoms. The lowest BCUT2D eigenvalue weighted by Crippen LogP contribution is -2.66. The van der Waals surface area contributed by atoms with Crippen molar-refractivity contribution in [3.63, 3.8) is 0 Å². The molecule has 5 rings (SSSR count). The van der Waals surface area contributed by atoms with E-state index in [0.717, 1.165) is 17.9 Å². The summed E-state index contributed by atoms with van der Waals surface area (Å²) in [6.07, 6.45) is 15.8. The van der Waals surface area contributed by atoms with E-state index in [-0.39, 0.29) is 0 Å². The molecule has 6 nitrogen and oxygen atoms in total. The van der Waals surface area contributed by atoms with Gasteiger partial charge in [0.25, 0.3) is 0 Å². The third kappa shape index (κ3) is 5.60. The second-order valence-electron chi connectivity index (χ2n) is 10.2. The van der Waals surface area contributed by atoms with E-state index < -0.39 is 11.9 Å². The molecule has 33 heavy (non-hydrogen) atoms. The Bertz CT molecular complexity index is 816. The molecular formula is C27H38N2O4. The normalized spacial score (nSPS) is 29.0. The minimum atomic E-state index is -1.26. The van der Waals surface area contributed by atoms with Crippen LogP contribution in [0.2, 0.25) is 0 Å². The minimum Gasteiger partial charge on any atom is -0.478 e. The SMILES string of the molecule is O=C(O)C=CC(=O)O.c1ccc(N2CCC23CCN(C2CC4CCCCCCC42)CC3)cc1. The lowest BCUT2D eigenvalue weighted by Gasteiger charge is -2.60. The molecule has 3 unspecified atom stereocenters. The average Bonchev–Trinajstić information content (AvgIpc) is 2.78. The van der Waals surface area contributed by atoms with Crippen molar-refractivity contribution in [1.29, 1.82) is 0 Å². The minimum absolute atomic E-state index is 0.488. The number of nitrogens with zero attached hydrogens (tertiary/aromatic N) is 2. The molecule has 1 spiro atoms. The second-order valence-corrected chi connectivity index (χ2v) is 10.2. The van der Waals surface area contributed by atoms with Crippen LogP contribution < -0.4 is 4.90 Å². The van der Waals surface area contributed by atoms with Crippen LogP contribution in [0.1, 0.15) is 64.2 Å². The Balaban J connectivity index is 0.000000281. The van der Waals surface area contributed by atoms with Crippen LogP contribution in [0.15, 0.2) is 42.5 Å². The number of anilines is 1. The molecule has 4 aliphatic rings. The molecular weight excluding hydrogens is 416 g/mol. The molecule has 180 valence electrons. The first-order valence-corrected chi connectivity index (χ1v) is 12.7. The van der Waals surface area contributed by atoms with Crippen LogP contribution in [0.5, 0.6) is 0 Å². The summed E-state index contributed by atoms with van der Waals surface area (Å²) < 4.78 is 0. The molecule has 2 aliphatic heterocycles. The number of aliphatic carboxylic acids is 2. The van der Waals surface area contributed by atoms with Gasteiger partial charge in [-0.2, -0.15) is 0 Å². The Morgan fingerprint density at radius 1 is 0.848 bits per heavy atom. The number of carbonyl (C=O) groups is 2. The molecule has 2 aliphatic carbocycles. The highest BCUT2D eigenvalue weighted by Crippen LogP contribution is 2.49. The van der Waals surface area contributed by atoms with Crippen molar-refractivity contribution < 1.29 is 19.8 Å². The van der Waals surface area contributed by atoms with Crippen molar-refractivity contribution >= 4 is 17.6 Å². The number of hydrogen-bond acceptors (Lipinski definition) is 4. The topological polar surface area (TPSA) is 81.1 Å². The maximum atomic E-state index is 9.55. The summed E-state index contributed by atoms with van der Waals surface area (Å²) in [4.78, 5) is 24.7. The van der Waals surface area contributed by atoms with Gasteiger partial charge in [-0.15, -0.1) is 0 Å². The van der Waals surface area contributed by atoms with E-state index in [0.29, 0.717) is 17.7 Å². The van der Waals surface area contributed by atoms with Gasteiger partial charge in [-0.05, 0) is 56.1 Å². The van der Waals surface area contributed by atoms with Crippen molar-refractivity contribution in [2.75, 3.05) is 24.5 Å². The van der Waals surface area contributed by atoms with E-state index in [2.05, 4.69) is 40.1 Å². The quantitative estimate of drug-likeness (QED) is 0.636. The van der Waals surface area contributed by atoms with E-state index in [1.165, 1.54) is 89.5 Å². The van der Waals surface area contributed by atoms with Gasteiger partial charge in [0.1, 0.15) is 0 Å². The molecule has 2 saturated carbocycles. The standard InChI is InChI=1S/C23H34N2.C4H4O4/c1-2-7-11-21-19(8-4-1)18-22(21)24-15-12-23(13-16-24)14-17-25(23)20-9-5-3-6-10-20;5-3(6)1-2-4(7)8/h3,5-6,9-10,19,21-22H,1-2,4,7-8,11-18H2;1-2H,(H,5,6)(H,7,8). The molecule has 3 atom stereocenters. The Kier molecular flexibility index (Phi) is 7.74. The monoisotopic (exact) mass is 454 g/mol. The van der Waals surface area contributed by atoms with Crippen molar-refractivity contribution in [1.82, 2.24) is 4.90 Å². The van der Waals surface area contributed by atoms with Gasteiger partial charge in [0, 0.05) is 49.1 Å². The first kappa shape index (κ1) is 23.8. The number of likely N-dealkylation sites (tertiary alicyclic amines) is 1. The molecule has 0 bridgehead atoms. The van der Waals surface area contributed by atoms with Crippen molar-refractivity contribution in [3.05, 3.63) is 42.5 Å². The molecule has 0 aromatic heterocycles. The lowest BCUT2D eigenvalue weighted by atomic mass is 9.62. The van der Waals surface area contributed by atoms with Gasteiger partial charge in [-0.3, -0.25) is 4.90 Å². The predicted octanol–water partition coefficient (Wildman–Crippen LogP) is 4.80.